The fourth-order valence-electron chi connectivity index (χ4n) is 1.72. The first-order valence-corrected chi connectivity index (χ1v) is 6.23. The average molecular weight is 279 g/mol. The molecule has 0 amide bonds. The van der Waals surface area contributed by atoms with Crippen LogP contribution >= 0.6 is 0 Å². The summed E-state index contributed by atoms with van der Waals surface area (Å²) in [7, 11) is 1.71. The zero-order valence-corrected chi connectivity index (χ0v) is 11.3. The first-order valence-electron chi connectivity index (χ1n) is 6.23. The Balaban J connectivity index is 2.44. The lowest BCUT2D eigenvalue weighted by Gasteiger charge is -2.09. The van der Waals surface area contributed by atoms with E-state index in [-0.39, 0.29) is 12.2 Å². The maximum Gasteiger partial charge on any atom is 0.157 e. The van der Waals surface area contributed by atoms with Crippen LogP contribution in [0.5, 0.6) is 0 Å². The lowest BCUT2D eigenvalue weighted by atomic mass is 10.1. The Kier molecular flexibility index (Phi) is 4.57. The molecule has 0 aliphatic rings. The standard InChI is InChI=1S/C14H15F2N3O/c1-3-20-8-14-18-12(7-13(17-2)19-14)10-5-4-9(15)6-11(10)16/h4-7H,3,8H2,1-2H3,(H,17,18,19). The summed E-state index contributed by atoms with van der Waals surface area (Å²) in [6.45, 7) is 2.64. The van der Waals surface area contributed by atoms with Gasteiger partial charge in [0, 0.05) is 31.4 Å². The van der Waals surface area contributed by atoms with E-state index < -0.39 is 11.6 Å². The zero-order chi connectivity index (χ0) is 14.5. The highest BCUT2D eigenvalue weighted by Crippen LogP contribution is 2.23. The van der Waals surface area contributed by atoms with Gasteiger partial charge in [0.2, 0.25) is 0 Å². The summed E-state index contributed by atoms with van der Waals surface area (Å²) in [5, 5.41) is 2.88. The van der Waals surface area contributed by atoms with Crippen LogP contribution in [0.2, 0.25) is 0 Å². The van der Waals surface area contributed by atoms with Gasteiger partial charge in [-0.3, -0.25) is 0 Å². The summed E-state index contributed by atoms with van der Waals surface area (Å²) in [5.74, 6) is -0.289. The van der Waals surface area contributed by atoms with Crippen molar-refractivity contribution in [2.24, 2.45) is 0 Å². The third-order valence-electron chi connectivity index (χ3n) is 2.67. The normalized spacial score (nSPS) is 10.6. The predicted molar refractivity (Wildman–Crippen MR) is 72.3 cm³/mol. The molecular weight excluding hydrogens is 264 g/mol. The molecule has 0 saturated heterocycles. The van der Waals surface area contributed by atoms with Gasteiger partial charge < -0.3 is 10.1 Å². The molecule has 2 aromatic rings. The highest BCUT2D eigenvalue weighted by molar-refractivity contribution is 5.63. The minimum absolute atomic E-state index is 0.225. The molecule has 20 heavy (non-hydrogen) atoms. The van der Waals surface area contributed by atoms with Crippen LogP contribution in [0.1, 0.15) is 12.7 Å². The van der Waals surface area contributed by atoms with E-state index in [0.717, 1.165) is 6.07 Å². The Morgan fingerprint density at radius 1 is 1.20 bits per heavy atom. The third-order valence-corrected chi connectivity index (χ3v) is 2.67. The van der Waals surface area contributed by atoms with E-state index in [1.807, 2.05) is 6.92 Å². The molecule has 1 N–H and O–H groups in total. The minimum Gasteiger partial charge on any atom is -0.374 e. The number of benzene rings is 1. The zero-order valence-electron chi connectivity index (χ0n) is 11.3. The van der Waals surface area contributed by atoms with Crippen molar-refractivity contribution in [1.82, 2.24) is 9.97 Å². The fraction of sp³-hybridized carbons (Fsp3) is 0.286. The Morgan fingerprint density at radius 2 is 2.00 bits per heavy atom. The Labute approximate surface area is 115 Å². The van der Waals surface area contributed by atoms with E-state index in [0.29, 0.717) is 23.9 Å². The van der Waals surface area contributed by atoms with E-state index >= 15 is 0 Å². The second kappa shape index (κ2) is 6.38. The number of rotatable bonds is 5. The molecule has 106 valence electrons. The maximum atomic E-state index is 13.8. The summed E-state index contributed by atoms with van der Waals surface area (Å²) >= 11 is 0. The number of hydrogen-bond donors (Lipinski definition) is 1. The van der Waals surface area contributed by atoms with Crippen LogP contribution in [-0.2, 0) is 11.3 Å². The molecule has 4 nitrogen and oxygen atoms in total. The SMILES string of the molecule is CCOCc1nc(NC)cc(-c2ccc(F)cc2F)n1. The van der Waals surface area contributed by atoms with Gasteiger partial charge in [-0.2, -0.15) is 0 Å². The summed E-state index contributed by atoms with van der Waals surface area (Å²) in [4.78, 5) is 8.46. The van der Waals surface area contributed by atoms with Crippen LogP contribution in [0.25, 0.3) is 11.3 Å². The smallest absolute Gasteiger partial charge is 0.157 e. The number of anilines is 1. The highest BCUT2D eigenvalue weighted by Gasteiger charge is 2.11. The molecule has 0 unspecified atom stereocenters. The van der Waals surface area contributed by atoms with Gasteiger partial charge in [-0.15, -0.1) is 0 Å². The van der Waals surface area contributed by atoms with Gasteiger partial charge in [-0.1, -0.05) is 0 Å². The molecule has 2 rings (SSSR count). The number of nitrogens with zero attached hydrogens (tertiary/aromatic N) is 2. The summed E-state index contributed by atoms with van der Waals surface area (Å²) in [6.07, 6.45) is 0. The van der Waals surface area contributed by atoms with Crippen molar-refractivity contribution in [1.29, 1.82) is 0 Å². The summed E-state index contributed by atoms with van der Waals surface area (Å²) in [5.41, 5.74) is 0.611. The molecule has 6 heteroatoms. The van der Waals surface area contributed by atoms with Crippen molar-refractivity contribution in [3.8, 4) is 11.3 Å². The van der Waals surface area contributed by atoms with Crippen LogP contribution < -0.4 is 5.32 Å². The first kappa shape index (κ1) is 14.3. The van der Waals surface area contributed by atoms with Crippen molar-refractivity contribution in [3.05, 3.63) is 41.7 Å². The second-order valence-electron chi connectivity index (χ2n) is 4.07. The van der Waals surface area contributed by atoms with Gasteiger partial charge in [0.05, 0.1) is 5.69 Å². The molecule has 1 aromatic carbocycles. The number of ether oxygens (including phenoxy) is 1. The van der Waals surface area contributed by atoms with Crippen molar-refractivity contribution in [3.63, 3.8) is 0 Å². The first-order chi connectivity index (χ1) is 9.63. The van der Waals surface area contributed by atoms with Crippen LogP contribution in [0, 0.1) is 11.6 Å². The molecule has 0 bridgehead atoms. The Hall–Kier alpha value is -2.08. The Bertz CT molecular complexity index is 605. The van der Waals surface area contributed by atoms with Crippen molar-refractivity contribution < 1.29 is 13.5 Å². The van der Waals surface area contributed by atoms with E-state index in [1.165, 1.54) is 12.1 Å². The number of aromatic nitrogens is 2. The molecule has 0 aliphatic heterocycles. The third kappa shape index (κ3) is 3.27. The molecule has 0 atom stereocenters. The lowest BCUT2D eigenvalue weighted by Crippen LogP contribution is -2.04. The second-order valence-corrected chi connectivity index (χ2v) is 4.07. The van der Waals surface area contributed by atoms with Gasteiger partial charge in [-0.05, 0) is 19.1 Å². The molecule has 1 aromatic heterocycles. The average Bonchev–Trinajstić information content (AvgIpc) is 2.44. The van der Waals surface area contributed by atoms with Gasteiger partial charge in [-0.25, -0.2) is 18.7 Å². The quantitative estimate of drug-likeness (QED) is 0.914. The number of nitrogens with one attached hydrogen (secondary N) is 1. The van der Waals surface area contributed by atoms with Gasteiger partial charge in [0.15, 0.2) is 5.82 Å². The van der Waals surface area contributed by atoms with Crippen LogP contribution in [0.4, 0.5) is 14.6 Å². The molecule has 1 heterocycles. The van der Waals surface area contributed by atoms with Gasteiger partial charge >= 0.3 is 0 Å². The van der Waals surface area contributed by atoms with Gasteiger partial charge in [0.25, 0.3) is 0 Å². The maximum absolute atomic E-state index is 13.8. The van der Waals surface area contributed by atoms with E-state index in [9.17, 15) is 8.78 Å². The molecule has 0 radical (unpaired) electrons. The van der Waals surface area contributed by atoms with Crippen LogP contribution in [0.3, 0.4) is 0 Å². The molecule has 0 fully saturated rings. The van der Waals surface area contributed by atoms with Crippen molar-refractivity contribution >= 4 is 5.82 Å². The molecule has 0 saturated carbocycles. The van der Waals surface area contributed by atoms with Crippen molar-refractivity contribution in [2.45, 2.75) is 13.5 Å². The Morgan fingerprint density at radius 3 is 2.65 bits per heavy atom. The molecular formula is C14H15F2N3O. The van der Waals surface area contributed by atoms with E-state index in [2.05, 4.69) is 15.3 Å². The van der Waals surface area contributed by atoms with E-state index in [1.54, 1.807) is 13.1 Å². The number of hydrogen-bond acceptors (Lipinski definition) is 4. The number of halogens is 2. The molecule has 0 aliphatic carbocycles. The van der Waals surface area contributed by atoms with Crippen LogP contribution in [0.15, 0.2) is 24.3 Å². The fourth-order valence-corrected chi connectivity index (χ4v) is 1.72. The minimum atomic E-state index is -0.659. The van der Waals surface area contributed by atoms with E-state index in [4.69, 9.17) is 4.74 Å². The van der Waals surface area contributed by atoms with Gasteiger partial charge in [0.1, 0.15) is 24.1 Å². The van der Waals surface area contributed by atoms with Crippen LogP contribution in [-0.4, -0.2) is 23.6 Å². The highest BCUT2D eigenvalue weighted by atomic mass is 19.1. The largest absolute Gasteiger partial charge is 0.374 e. The summed E-state index contributed by atoms with van der Waals surface area (Å²) < 4.78 is 32.0. The summed E-state index contributed by atoms with van der Waals surface area (Å²) in [6, 6.07) is 4.99. The lowest BCUT2D eigenvalue weighted by molar-refractivity contribution is 0.128. The predicted octanol–water partition coefficient (Wildman–Crippen LogP) is 3.00. The monoisotopic (exact) mass is 279 g/mol. The topological polar surface area (TPSA) is 47.0 Å². The molecule has 0 spiro atoms. The van der Waals surface area contributed by atoms with Crippen molar-refractivity contribution in [2.75, 3.05) is 19.0 Å².